The first-order valence-electron chi connectivity index (χ1n) is 8.96. The molecular weight excluding hydrogens is 336 g/mol. The molecule has 27 heavy (non-hydrogen) atoms. The van der Waals surface area contributed by atoms with Crippen LogP contribution in [0.5, 0.6) is 0 Å². The Bertz CT molecular complexity index is 925. The van der Waals surface area contributed by atoms with Gasteiger partial charge in [-0.1, -0.05) is 12.1 Å². The van der Waals surface area contributed by atoms with Crippen molar-refractivity contribution in [3.05, 3.63) is 83.4 Å². The summed E-state index contributed by atoms with van der Waals surface area (Å²) >= 11 is 0. The second-order valence-corrected chi connectivity index (χ2v) is 6.73. The molecule has 0 saturated heterocycles. The van der Waals surface area contributed by atoms with Crippen molar-refractivity contribution < 1.29 is 4.79 Å². The maximum absolute atomic E-state index is 12.7. The Hall–Kier alpha value is -3.21. The Morgan fingerprint density at radius 2 is 1.81 bits per heavy atom. The molecule has 0 saturated carbocycles. The number of rotatable bonds is 6. The first-order valence-corrected chi connectivity index (χ1v) is 8.96. The van der Waals surface area contributed by atoms with Crippen molar-refractivity contribution in [2.24, 2.45) is 0 Å². The third kappa shape index (κ3) is 4.91. The number of anilines is 2. The molecule has 3 aromatic rings. The van der Waals surface area contributed by atoms with Crippen molar-refractivity contribution in [3.63, 3.8) is 0 Å². The van der Waals surface area contributed by atoms with Gasteiger partial charge in [0.1, 0.15) is 0 Å². The van der Waals surface area contributed by atoms with Gasteiger partial charge in [-0.2, -0.15) is 0 Å². The van der Waals surface area contributed by atoms with Crippen LogP contribution in [0.1, 0.15) is 27.0 Å². The van der Waals surface area contributed by atoms with E-state index in [1.165, 1.54) is 5.56 Å². The lowest BCUT2D eigenvalue weighted by Gasteiger charge is -2.19. The molecule has 1 N–H and O–H groups in total. The number of benzene rings is 1. The number of amides is 1. The van der Waals surface area contributed by atoms with Crippen LogP contribution < -0.4 is 10.2 Å². The lowest BCUT2D eigenvalue weighted by atomic mass is 10.1. The number of likely N-dealkylation sites (N-methyl/N-ethyl adjacent to an activating group) is 1. The van der Waals surface area contributed by atoms with Gasteiger partial charge in [0, 0.05) is 37.9 Å². The van der Waals surface area contributed by atoms with Gasteiger partial charge in [-0.25, -0.2) is 0 Å². The molecule has 0 spiro atoms. The molecule has 0 atom stereocenters. The summed E-state index contributed by atoms with van der Waals surface area (Å²) in [4.78, 5) is 23.0. The maximum Gasteiger partial charge on any atom is 0.257 e. The van der Waals surface area contributed by atoms with Gasteiger partial charge >= 0.3 is 0 Å². The highest BCUT2D eigenvalue weighted by Gasteiger charge is 2.11. The van der Waals surface area contributed by atoms with Gasteiger partial charge in [-0.05, 0) is 61.2 Å². The van der Waals surface area contributed by atoms with Gasteiger partial charge in [-0.15, -0.1) is 0 Å². The number of hydrogen-bond acceptors (Lipinski definition) is 4. The normalized spacial score (nSPS) is 10.5. The molecule has 2 heterocycles. The smallest absolute Gasteiger partial charge is 0.257 e. The van der Waals surface area contributed by atoms with Crippen LogP contribution in [0.25, 0.3) is 0 Å². The molecular formula is C22H24N4O. The van der Waals surface area contributed by atoms with Gasteiger partial charge in [0.25, 0.3) is 5.91 Å². The fraction of sp³-hybridized carbons (Fsp3) is 0.227. The van der Waals surface area contributed by atoms with E-state index in [4.69, 9.17) is 0 Å². The van der Waals surface area contributed by atoms with Gasteiger partial charge < -0.3 is 10.2 Å². The van der Waals surface area contributed by atoms with E-state index in [0.717, 1.165) is 35.5 Å². The van der Waals surface area contributed by atoms with Crippen LogP contribution in [-0.2, 0) is 6.42 Å². The highest BCUT2D eigenvalue weighted by molar-refractivity contribution is 6.05. The summed E-state index contributed by atoms with van der Waals surface area (Å²) in [5.41, 5.74) is 5.66. The van der Waals surface area contributed by atoms with Gasteiger partial charge in [-0.3, -0.25) is 14.8 Å². The first kappa shape index (κ1) is 18.6. The van der Waals surface area contributed by atoms with E-state index < -0.39 is 0 Å². The molecule has 0 bridgehead atoms. The number of aryl methyl sites for hydroxylation is 2. The molecule has 0 fully saturated rings. The fourth-order valence-corrected chi connectivity index (χ4v) is 2.80. The summed E-state index contributed by atoms with van der Waals surface area (Å²) in [5, 5.41) is 2.99. The summed E-state index contributed by atoms with van der Waals surface area (Å²) in [6.07, 6.45) is 7.88. The Balaban J connectivity index is 1.68. The zero-order valence-electron chi connectivity index (χ0n) is 15.9. The standard InChI is InChI=1S/C22H24N4O/c1-16-4-5-17(2)21(12-16)25-22(27)19-13-20(15-24-14-19)26(3)11-8-18-6-9-23-10-7-18/h4-7,9-10,12-15H,8,11H2,1-3H3,(H,25,27). The molecule has 0 aliphatic carbocycles. The van der Waals surface area contributed by atoms with Crippen LogP contribution >= 0.6 is 0 Å². The van der Waals surface area contributed by atoms with E-state index in [1.54, 1.807) is 24.8 Å². The molecule has 1 aromatic carbocycles. The van der Waals surface area contributed by atoms with Crippen molar-refractivity contribution in [1.29, 1.82) is 0 Å². The van der Waals surface area contributed by atoms with Crippen LogP contribution in [0.3, 0.4) is 0 Å². The predicted molar refractivity (Wildman–Crippen MR) is 109 cm³/mol. The molecule has 0 aliphatic rings. The Morgan fingerprint density at radius 3 is 2.59 bits per heavy atom. The minimum atomic E-state index is -0.152. The average Bonchev–Trinajstić information content (AvgIpc) is 2.69. The van der Waals surface area contributed by atoms with Crippen LogP contribution in [0.15, 0.2) is 61.2 Å². The van der Waals surface area contributed by atoms with E-state index in [1.807, 2.05) is 57.3 Å². The fourth-order valence-electron chi connectivity index (χ4n) is 2.80. The van der Waals surface area contributed by atoms with E-state index in [0.29, 0.717) is 5.56 Å². The number of nitrogens with zero attached hydrogens (tertiary/aromatic N) is 3. The van der Waals surface area contributed by atoms with E-state index in [2.05, 4.69) is 20.2 Å². The van der Waals surface area contributed by atoms with Gasteiger partial charge in [0.2, 0.25) is 0 Å². The van der Waals surface area contributed by atoms with Crippen LogP contribution in [0.2, 0.25) is 0 Å². The third-order valence-electron chi connectivity index (χ3n) is 4.55. The number of aromatic nitrogens is 2. The maximum atomic E-state index is 12.7. The van der Waals surface area contributed by atoms with E-state index in [-0.39, 0.29) is 5.91 Å². The highest BCUT2D eigenvalue weighted by atomic mass is 16.1. The molecule has 1 amide bonds. The second kappa shape index (κ2) is 8.45. The van der Waals surface area contributed by atoms with Crippen molar-refractivity contribution in [3.8, 4) is 0 Å². The molecule has 2 aromatic heterocycles. The van der Waals surface area contributed by atoms with Gasteiger partial charge in [0.05, 0.1) is 17.4 Å². The number of nitrogens with one attached hydrogen (secondary N) is 1. The third-order valence-corrected chi connectivity index (χ3v) is 4.55. The van der Waals surface area contributed by atoms with Crippen molar-refractivity contribution >= 4 is 17.3 Å². The minimum Gasteiger partial charge on any atom is -0.373 e. The molecule has 0 aliphatic heterocycles. The molecule has 0 unspecified atom stereocenters. The number of hydrogen-bond donors (Lipinski definition) is 1. The zero-order chi connectivity index (χ0) is 19.2. The van der Waals surface area contributed by atoms with Crippen LogP contribution in [-0.4, -0.2) is 29.5 Å². The largest absolute Gasteiger partial charge is 0.373 e. The summed E-state index contributed by atoms with van der Waals surface area (Å²) in [6.45, 7) is 4.82. The Morgan fingerprint density at radius 1 is 1.04 bits per heavy atom. The van der Waals surface area contributed by atoms with E-state index in [9.17, 15) is 4.79 Å². The predicted octanol–water partition coefficient (Wildman–Crippen LogP) is 4.02. The Labute approximate surface area is 160 Å². The molecule has 5 heteroatoms. The summed E-state index contributed by atoms with van der Waals surface area (Å²) in [7, 11) is 2.00. The van der Waals surface area contributed by atoms with Crippen molar-refractivity contribution in [2.45, 2.75) is 20.3 Å². The summed E-state index contributed by atoms with van der Waals surface area (Å²) in [5.74, 6) is -0.152. The van der Waals surface area contributed by atoms with Crippen molar-refractivity contribution in [2.75, 3.05) is 23.8 Å². The molecule has 138 valence electrons. The SMILES string of the molecule is Cc1ccc(C)c(NC(=O)c2cncc(N(C)CCc3ccncc3)c2)c1. The van der Waals surface area contributed by atoms with Crippen molar-refractivity contribution in [1.82, 2.24) is 9.97 Å². The number of pyridine rings is 2. The highest BCUT2D eigenvalue weighted by Crippen LogP contribution is 2.19. The quantitative estimate of drug-likeness (QED) is 0.721. The monoisotopic (exact) mass is 360 g/mol. The van der Waals surface area contributed by atoms with Crippen LogP contribution in [0, 0.1) is 13.8 Å². The number of carbonyl (C=O) groups is 1. The van der Waals surface area contributed by atoms with Crippen LogP contribution in [0.4, 0.5) is 11.4 Å². The topological polar surface area (TPSA) is 58.1 Å². The molecule has 5 nitrogen and oxygen atoms in total. The lowest BCUT2D eigenvalue weighted by Crippen LogP contribution is -2.21. The Kier molecular flexibility index (Phi) is 5.81. The zero-order valence-corrected chi connectivity index (χ0v) is 15.9. The molecule has 3 rings (SSSR count). The average molecular weight is 360 g/mol. The second-order valence-electron chi connectivity index (χ2n) is 6.73. The minimum absolute atomic E-state index is 0.152. The van der Waals surface area contributed by atoms with E-state index >= 15 is 0 Å². The molecule has 0 radical (unpaired) electrons. The summed E-state index contributed by atoms with van der Waals surface area (Å²) in [6, 6.07) is 11.9. The first-order chi connectivity index (χ1) is 13.0. The number of carbonyl (C=O) groups excluding carboxylic acids is 1. The lowest BCUT2D eigenvalue weighted by molar-refractivity contribution is 0.102. The van der Waals surface area contributed by atoms with Gasteiger partial charge in [0.15, 0.2) is 0 Å². The summed E-state index contributed by atoms with van der Waals surface area (Å²) < 4.78 is 0.